The summed E-state index contributed by atoms with van der Waals surface area (Å²) in [6.07, 6.45) is 2.62. The summed E-state index contributed by atoms with van der Waals surface area (Å²) in [4.78, 5) is 14.6. The number of hydrogen-bond donors (Lipinski definition) is 1. The van der Waals surface area contributed by atoms with Gasteiger partial charge in [-0.3, -0.25) is 9.69 Å². The number of benzene rings is 2. The Balaban J connectivity index is 1.95. The van der Waals surface area contributed by atoms with E-state index in [0.717, 1.165) is 12.0 Å². The van der Waals surface area contributed by atoms with E-state index in [2.05, 4.69) is 13.0 Å². The average Bonchev–Trinajstić information content (AvgIpc) is 2.74. The minimum Gasteiger partial charge on any atom is -0.384 e. The number of carbonyl (C=O) groups excluding carboxylic acids is 1. The molecule has 5 heteroatoms. The van der Waals surface area contributed by atoms with E-state index in [9.17, 15) is 14.4 Å². The van der Waals surface area contributed by atoms with Crippen LogP contribution in [-0.4, -0.2) is 5.78 Å². The lowest BCUT2D eigenvalue weighted by molar-refractivity contribution is -0.116. The number of nitriles is 1. The van der Waals surface area contributed by atoms with E-state index in [1.54, 1.807) is 23.1 Å². The molecule has 4 rings (SSSR count). The summed E-state index contributed by atoms with van der Waals surface area (Å²) in [5.41, 5.74) is 10.3. The van der Waals surface area contributed by atoms with Crippen LogP contribution in [0.5, 0.6) is 0 Å². The Morgan fingerprint density at radius 3 is 2.55 bits per heavy atom. The summed E-state index contributed by atoms with van der Waals surface area (Å²) in [6.45, 7) is 2.08. The number of aryl methyl sites for hydroxylation is 1. The van der Waals surface area contributed by atoms with Crippen molar-refractivity contribution in [3.05, 3.63) is 88.1 Å². The van der Waals surface area contributed by atoms with Gasteiger partial charge >= 0.3 is 0 Å². The molecule has 2 aromatic carbocycles. The van der Waals surface area contributed by atoms with Gasteiger partial charge in [0.05, 0.1) is 23.2 Å². The van der Waals surface area contributed by atoms with E-state index in [1.165, 1.54) is 11.6 Å². The molecule has 0 spiro atoms. The number of allylic oxidation sites excluding steroid dienone is 3. The molecule has 1 aliphatic heterocycles. The number of para-hydroxylation sites is 1. The summed E-state index contributed by atoms with van der Waals surface area (Å²) < 4.78 is 14.6. The second-order valence-electron chi connectivity index (χ2n) is 7.36. The molecule has 0 bridgehead atoms. The quantitative estimate of drug-likeness (QED) is 0.829. The molecule has 2 aliphatic rings. The first-order valence-corrected chi connectivity index (χ1v) is 9.86. The number of anilines is 1. The van der Waals surface area contributed by atoms with Crippen LogP contribution in [0.15, 0.2) is 71.2 Å². The van der Waals surface area contributed by atoms with Crippen molar-refractivity contribution < 1.29 is 9.18 Å². The second-order valence-corrected chi connectivity index (χ2v) is 7.36. The van der Waals surface area contributed by atoms with Gasteiger partial charge < -0.3 is 5.73 Å². The van der Waals surface area contributed by atoms with E-state index < -0.39 is 11.7 Å². The molecule has 0 radical (unpaired) electrons. The van der Waals surface area contributed by atoms with Crippen LogP contribution in [0.3, 0.4) is 0 Å². The van der Waals surface area contributed by atoms with Gasteiger partial charge in [0.2, 0.25) is 0 Å². The van der Waals surface area contributed by atoms with Gasteiger partial charge in [0, 0.05) is 17.7 Å². The standard InChI is InChI=1S/C24H22FN3O/c1-2-15-10-12-16(13-11-15)22-17(14-26)24(27)28(19-7-4-3-6-18(19)25)20-8-5-9-21(29)23(20)22/h3-4,6-7,10-13,22H,2,5,8-9,27H2,1H3/t22-/m1/s1. The molecule has 4 nitrogen and oxygen atoms in total. The van der Waals surface area contributed by atoms with Gasteiger partial charge in [0.1, 0.15) is 11.6 Å². The highest BCUT2D eigenvalue weighted by Crippen LogP contribution is 2.46. The fourth-order valence-corrected chi connectivity index (χ4v) is 4.27. The first-order valence-electron chi connectivity index (χ1n) is 9.86. The van der Waals surface area contributed by atoms with Crippen LogP contribution in [0.2, 0.25) is 0 Å². The first kappa shape index (κ1) is 18.9. The molecular weight excluding hydrogens is 365 g/mol. The Bertz CT molecular complexity index is 1080. The first-order chi connectivity index (χ1) is 14.1. The number of nitrogens with two attached hydrogens (primary N) is 1. The highest BCUT2D eigenvalue weighted by Gasteiger charge is 2.40. The lowest BCUT2D eigenvalue weighted by Gasteiger charge is -2.39. The highest BCUT2D eigenvalue weighted by atomic mass is 19.1. The third kappa shape index (κ3) is 3.11. The fraction of sp³-hybridized carbons (Fsp3) is 0.250. The van der Waals surface area contributed by atoms with Gasteiger partial charge in [0.25, 0.3) is 0 Å². The number of ketones is 1. The fourth-order valence-electron chi connectivity index (χ4n) is 4.27. The number of halogens is 1. The minimum absolute atomic E-state index is 0.00240. The predicted octanol–water partition coefficient (Wildman–Crippen LogP) is 4.69. The van der Waals surface area contributed by atoms with Gasteiger partial charge in [-0.2, -0.15) is 5.26 Å². The zero-order valence-corrected chi connectivity index (χ0v) is 16.3. The molecule has 0 amide bonds. The summed E-state index contributed by atoms with van der Waals surface area (Å²) in [5, 5.41) is 9.96. The van der Waals surface area contributed by atoms with Crippen LogP contribution in [0, 0.1) is 17.1 Å². The molecule has 29 heavy (non-hydrogen) atoms. The van der Waals surface area contributed by atoms with E-state index in [1.807, 2.05) is 24.3 Å². The Labute approximate surface area is 169 Å². The van der Waals surface area contributed by atoms with Gasteiger partial charge in [-0.05, 0) is 42.5 Å². The Morgan fingerprint density at radius 2 is 1.90 bits per heavy atom. The summed E-state index contributed by atoms with van der Waals surface area (Å²) >= 11 is 0. The van der Waals surface area contributed by atoms with Crippen molar-refractivity contribution in [3.63, 3.8) is 0 Å². The summed E-state index contributed by atoms with van der Waals surface area (Å²) in [7, 11) is 0. The number of rotatable bonds is 3. The van der Waals surface area contributed by atoms with Crippen molar-refractivity contribution >= 4 is 11.5 Å². The van der Waals surface area contributed by atoms with Gasteiger partial charge in [-0.15, -0.1) is 0 Å². The molecular formula is C24H22FN3O. The van der Waals surface area contributed by atoms with Crippen molar-refractivity contribution in [2.45, 2.75) is 38.5 Å². The number of nitrogens with zero attached hydrogens (tertiary/aromatic N) is 2. The number of Topliss-reactive ketones (excluding diaryl/α,β-unsaturated/α-hetero) is 1. The molecule has 1 atom stereocenters. The molecule has 0 fully saturated rings. The van der Waals surface area contributed by atoms with Gasteiger partial charge in [-0.25, -0.2) is 4.39 Å². The lowest BCUT2D eigenvalue weighted by Crippen LogP contribution is -2.39. The molecule has 1 heterocycles. The molecule has 1 aliphatic carbocycles. The average molecular weight is 387 g/mol. The number of hydrogen-bond acceptors (Lipinski definition) is 4. The van der Waals surface area contributed by atoms with E-state index in [4.69, 9.17) is 5.73 Å². The van der Waals surface area contributed by atoms with Crippen molar-refractivity contribution in [2.24, 2.45) is 5.73 Å². The third-order valence-corrected chi connectivity index (χ3v) is 5.73. The topological polar surface area (TPSA) is 70.1 Å². The molecule has 0 saturated carbocycles. The van der Waals surface area contributed by atoms with Crippen LogP contribution in [0.1, 0.15) is 43.2 Å². The second kappa shape index (κ2) is 7.56. The molecule has 0 aromatic heterocycles. The Morgan fingerprint density at radius 1 is 1.17 bits per heavy atom. The predicted molar refractivity (Wildman–Crippen MR) is 110 cm³/mol. The van der Waals surface area contributed by atoms with E-state index in [-0.39, 0.29) is 22.9 Å². The van der Waals surface area contributed by atoms with E-state index in [0.29, 0.717) is 30.5 Å². The van der Waals surface area contributed by atoms with E-state index >= 15 is 0 Å². The molecule has 2 N–H and O–H groups in total. The summed E-state index contributed by atoms with van der Waals surface area (Å²) in [5.74, 6) is -0.770. The normalized spacial score (nSPS) is 19.3. The van der Waals surface area contributed by atoms with Crippen molar-refractivity contribution in [1.29, 1.82) is 5.26 Å². The van der Waals surface area contributed by atoms with Crippen molar-refractivity contribution in [2.75, 3.05) is 4.90 Å². The van der Waals surface area contributed by atoms with Crippen LogP contribution in [0.25, 0.3) is 0 Å². The maximum absolute atomic E-state index is 14.6. The van der Waals surface area contributed by atoms with Crippen LogP contribution < -0.4 is 10.6 Å². The maximum atomic E-state index is 14.6. The zero-order valence-electron chi connectivity index (χ0n) is 16.3. The van der Waals surface area contributed by atoms with Gasteiger partial charge in [0.15, 0.2) is 5.78 Å². The monoisotopic (exact) mass is 387 g/mol. The Kier molecular flexibility index (Phi) is 4.94. The maximum Gasteiger partial charge on any atom is 0.161 e. The largest absolute Gasteiger partial charge is 0.384 e. The van der Waals surface area contributed by atoms with Gasteiger partial charge in [-0.1, -0.05) is 43.3 Å². The lowest BCUT2D eigenvalue weighted by atomic mass is 9.75. The minimum atomic E-state index is -0.517. The molecule has 146 valence electrons. The van der Waals surface area contributed by atoms with Crippen LogP contribution >= 0.6 is 0 Å². The van der Waals surface area contributed by atoms with Crippen molar-refractivity contribution in [3.8, 4) is 6.07 Å². The van der Waals surface area contributed by atoms with Crippen LogP contribution in [-0.2, 0) is 11.2 Å². The molecule has 0 saturated heterocycles. The highest BCUT2D eigenvalue weighted by molar-refractivity contribution is 6.01. The van der Waals surface area contributed by atoms with Crippen molar-refractivity contribution in [1.82, 2.24) is 0 Å². The summed E-state index contributed by atoms with van der Waals surface area (Å²) in [6, 6.07) is 16.4. The van der Waals surface area contributed by atoms with Crippen LogP contribution in [0.4, 0.5) is 10.1 Å². The third-order valence-electron chi connectivity index (χ3n) is 5.73. The molecule has 2 aromatic rings. The molecule has 0 unspecified atom stereocenters. The SMILES string of the molecule is CCc1ccc([C@@H]2C(C#N)=C(N)N(c3ccccc3F)C3=C2C(=O)CCC3)cc1. The smallest absolute Gasteiger partial charge is 0.161 e. The Hall–Kier alpha value is -3.39. The number of carbonyl (C=O) groups is 1. The zero-order chi connectivity index (χ0) is 20.5.